The molecule has 1 unspecified atom stereocenters. The van der Waals surface area contributed by atoms with Gasteiger partial charge in [-0.05, 0) is 43.2 Å². The highest BCUT2D eigenvalue weighted by atomic mass is 31.2. The average Bonchev–Trinajstić information content (AvgIpc) is 3.76. The maximum atomic E-state index is 14.9. The van der Waals surface area contributed by atoms with Crippen molar-refractivity contribution in [2.45, 2.75) is 147 Å². The monoisotopic (exact) mass is 830 g/mol. The van der Waals surface area contributed by atoms with Gasteiger partial charge >= 0.3 is 7.82 Å². The third-order valence-electron chi connectivity index (χ3n) is 10.5. The summed E-state index contributed by atoms with van der Waals surface area (Å²) in [6.07, 6.45) is 15.0. The van der Waals surface area contributed by atoms with Crippen molar-refractivity contribution in [2.75, 3.05) is 32.2 Å². The third-order valence-corrected chi connectivity index (χ3v) is 11.4. The van der Waals surface area contributed by atoms with E-state index in [1.54, 1.807) is 6.92 Å². The molecule has 3 heterocycles. The summed E-state index contributed by atoms with van der Waals surface area (Å²) in [5, 5.41) is 45.3. The van der Waals surface area contributed by atoms with Gasteiger partial charge in [-0.1, -0.05) is 103 Å². The third kappa shape index (κ3) is 13.4. The fourth-order valence-corrected chi connectivity index (χ4v) is 7.83. The Bertz CT molecular complexity index is 1850. The molecule has 2 aromatic heterocycles. The minimum absolute atomic E-state index is 0.0430. The number of aliphatic hydroxyl groups is 2. The first-order valence-corrected chi connectivity index (χ1v) is 22.1. The number of phosphoric acid groups is 1. The number of ether oxygens (including phenoxy) is 3. The van der Waals surface area contributed by atoms with Crippen molar-refractivity contribution < 1.29 is 47.3 Å². The Labute approximate surface area is 340 Å². The Hall–Kier alpha value is -3.70. The van der Waals surface area contributed by atoms with E-state index in [1.165, 1.54) is 99.8 Å². The maximum Gasteiger partial charge on any atom is 0.472 e. The molecule has 5 N–H and O–H groups in total. The van der Waals surface area contributed by atoms with Crippen molar-refractivity contribution in [3.05, 3.63) is 53.2 Å². The summed E-state index contributed by atoms with van der Waals surface area (Å²) in [5.74, 6) is -0.894. The number of nitrogen functional groups attached to an aromatic ring is 1. The van der Waals surface area contributed by atoms with Crippen LogP contribution in [0, 0.1) is 35.4 Å². The van der Waals surface area contributed by atoms with Crippen molar-refractivity contribution in [1.29, 1.82) is 10.5 Å². The highest BCUT2D eigenvalue weighted by Gasteiger charge is 2.58. The smallest absolute Gasteiger partial charge is 0.472 e. The van der Waals surface area contributed by atoms with Gasteiger partial charge in [-0.15, -0.1) is 0 Å². The number of aromatic nitrogens is 3. The van der Waals surface area contributed by atoms with Crippen LogP contribution >= 0.6 is 7.82 Å². The summed E-state index contributed by atoms with van der Waals surface area (Å²) in [4.78, 5) is 14.5. The molecule has 15 nitrogen and oxygen atoms in total. The van der Waals surface area contributed by atoms with E-state index in [1.807, 2.05) is 12.1 Å². The molecular formula is C41H60FN6O9P. The highest BCUT2D eigenvalue weighted by molar-refractivity contribution is 7.47. The molecule has 1 fully saturated rings. The Morgan fingerprint density at radius 3 is 2.19 bits per heavy atom. The highest BCUT2D eigenvalue weighted by Crippen LogP contribution is 2.46. The molecule has 1 aromatic carbocycles. The van der Waals surface area contributed by atoms with E-state index in [0.29, 0.717) is 17.7 Å². The van der Waals surface area contributed by atoms with Gasteiger partial charge in [0.2, 0.25) is 5.60 Å². The number of nitrogens with two attached hydrogens (primary N) is 1. The lowest BCUT2D eigenvalue weighted by molar-refractivity contribution is -0.0652. The van der Waals surface area contributed by atoms with E-state index in [2.05, 4.69) is 17.0 Å². The number of nitrogens with zero attached hydrogens (tertiary/aromatic N) is 5. The zero-order valence-electron chi connectivity index (χ0n) is 33.8. The topological polar surface area (TPSA) is 228 Å². The Morgan fingerprint density at radius 2 is 1.59 bits per heavy atom. The molecule has 1 saturated heterocycles. The lowest BCUT2D eigenvalue weighted by Crippen LogP contribution is -2.41. The zero-order chi connectivity index (χ0) is 42.0. The van der Waals surface area contributed by atoms with Crippen LogP contribution in [0.3, 0.4) is 0 Å². The van der Waals surface area contributed by atoms with Gasteiger partial charge < -0.3 is 35.1 Å². The predicted octanol–water partition coefficient (Wildman–Crippen LogP) is 7.33. The summed E-state index contributed by atoms with van der Waals surface area (Å²) < 4.78 is 57.0. The van der Waals surface area contributed by atoms with Crippen LogP contribution in [0.4, 0.5) is 10.2 Å². The molecular weight excluding hydrogens is 770 g/mol. The molecule has 0 bridgehead atoms. The van der Waals surface area contributed by atoms with Crippen LogP contribution in [0.25, 0.3) is 5.52 Å². The van der Waals surface area contributed by atoms with E-state index in [4.69, 9.17) is 29.0 Å². The predicted molar refractivity (Wildman–Crippen MR) is 214 cm³/mol. The number of benzene rings is 1. The van der Waals surface area contributed by atoms with Gasteiger partial charge in [0.1, 0.15) is 42.3 Å². The number of anilines is 1. The van der Waals surface area contributed by atoms with Crippen molar-refractivity contribution in [3.63, 3.8) is 0 Å². The molecule has 3 aromatic rings. The van der Waals surface area contributed by atoms with Crippen LogP contribution in [0.2, 0.25) is 0 Å². The Kier molecular flexibility index (Phi) is 19.3. The SMILES string of the molecule is CCCCCCCCCCCCCCCCCCOC[C@H](COP(=O)(O)OC[C@H]1O[C@@](C#N)(c2ccc3c(N)ncnn23)[C@H](O)[C@@H]1O)Oc1cc(C)c(C#N)cc1F. The lowest BCUT2D eigenvalue weighted by atomic mass is 9.92. The maximum absolute atomic E-state index is 14.9. The molecule has 1 aliphatic rings. The standard InChI is InChI=1S/C41H60FN6O9P/c1-3-4-5-6-7-8-9-10-11-12-13-14-15-16-17-18-21-53-25-32(56-35-22-30(2)31(24-43)23-33(35)42)26-54-58(51,52)55-27-36-38(49)39(50)41(28-44,57-36)37-20-19-34-40(45)46-29-47-48(34)37/h19-20,22-23,29,32,36,38-39,49-50H,3-18,21,25-27H2,1-2H3,(H,51,52)(H2,45,46,47)/t32-,36-,38-,39-,41+/m1/s1. The van der Waals surface area contributed by atoms with Gasteiger partial charge in [0.05, 0.1) is 37.1 Å². The molecule has 6 atom stereocenters. The minimum Gasteiger partial charge on any atom is -0.482 e. The lowest BCUT2D eigenvalue weighted by Gasteiger charge is -2.24. The number of fused-ring (bicyclic) bond motifs is 1. The fourth-order valence-electron chi connectivity index (χ4n) is 7.06. The Balaban J connectivity index is 1.22. The molecule has 0 saturated carbocycles. The van der Waals surface area contributed by atoms with Gasteiger partial charge in [-0.3, -0.25) is 9.05 Å². The Morgan fingerprint density at radius 1 is 0.966 bits per heavy atom. The number of rotatable bonds is 28. The minimum atomic E-state index is -4.89. The van der Waals surface area contributed by atoms with E-state index >= 15 is 0 Å². The first-order valence-electron chi connectivity index (χ1n) is 20.6. The largest absolute Gasteiger partial charge is 0.482 e. The quantitative estimate of drug-likeness (QED) is 0.0415. The van der Waals surface area contributed by atoms with Crippen molar-refractivity contribution in [3.8, 4) is 17.9 Å². The van der Waals surface area contributed by atoms with Gasteiger partial charge in [-0.2, -0.15) is 15.6 Å². The van der Waals surface area contributed by atoms with E-state index in [0.717, 1.165) is 38.1 Å². The van der Waals surface area contributed by atoms with Crippen molar-refractivity contribution >= 4 is 19.2 Å². The normalized spacial score (nSPS) is 20.8. The van der Waals surface area contributed by atoms with Crippen LogP contribution in [-0.4, -0.2) is 80.5 Å². The number of unbranched alkanes of at least 4 members (excludes halogenated alkanes) is 15. The number of hydrogen-bond donors (Lipinski definition) is 4. The van der Waals surface area contributed by atoms with Crippen LogP contribution in [-0.2, 0) is 28.7 Å². The molecule has 58 heavy (non-hydrogen) atoms. The van der Waals surface area contributed by atoms with E-state index in [-0.39, 0.29) is 29.4 Å². The van der Waals surface area contributed by atoms with Gasteiger partial charge in [0, 0.05) is 6.61 Å². The molecule has 0 amide bonds. The van der Waals surface area contributed by atoms with Gasteiger partial charge in [0.25, 0.3) is 0 Å². The van der Waals surface area contributed by atoms with Crippen molar-refractivity contribution in [2.24, 2.45) is 0 Å². The first-order chi connectivity index (χ1) is 28.0. The van der Waals surface area contributed by atoms with E-state index < -0.39 is 56.9 Å². The van der Waals surface area contributed by atoms with Gasteiger partial charge in [0.15, 0.2) is 17.4 Å². The number of aliphatic hydroxyl groups excluding tert-OH is 2. The number of nitriles is 2. The molecule has 0 radical (unpaired) electrons. The van der Waals surface area contributed by atoms with Crippen LogP contribution in [0.5, 0.6) is 5.75 Å². The van der Waals surface area contributed by atoms with Crippen LogP contribution in [0.15, 0.2) is 30.6 Å². The second kappa shape index (κ2) is 23.8. The average molecular weight is 831 g/mol. The first kappa shape index (κ1) is 47.0. The zero-order valence-corrected chi connectivity index (χ0v) is 34.7. The number of aryl methyl sites for hydroxylation is 1. The van der Waals surface area contributed by atoms with Gasteiger partial charge in [-0.25, -0.2) is 18.5 Å². The number of hydrogen-bond acceptors (Lipinski definition) is 13. The van der Waals surface area contributed by atoms with E-state index in [9.17, 15) is 34.6 Å². The number of halogens is 1. The molecule has 0 spiro atoms. The molecule has 0 aliphatic carbocycles. The molecule has 4 rings (SSSR count). The summed E-state index contributed by atoms with van der Waals surface area (Å²) in [6.45, 7) is 2.81. The fraction of sp³-hybridized carbons (Fsp3) is 0.659. The summed E-state index contributed by atoms with van der Waals surface area (Å²) in [5.41, 5.74) is 4.73. The molecule has 320 valence electrons. The van der Waals surface area contributed by atoms with Crippen molar-refractivity contribution in [1.82, 2.24) is 14.6 Å². The summed E-state index contributed by atoms with van der Waals surface area (Å²) in [6, 6.07) is 9.14. The number of phosphoric ester groups is 1. The summed E-state index contributed by atoms with van der Waals surface area (Å²) in [7, 11) is -4.89. The molecule has 1 aliphatic heterocycles. The van der Waals surface area contributed by atoms with Crippen LogP contribution in [0.1, 0.15) is 126 Å². The summed E-state index contributed by atoms with van der Waals surface area (Å²) >= 11 is 0. The second-order valence-electron chi connectivity index (χ2n) is 15.0. The molecule has 17 heteroatoms. The second-order valence-corrected chi connectivity index (χ2v) is 16.4. The van der Waals surface area contributed by atoms with Crippen LogP contribution < -0.4 is 10.5 Å².